The summed E-state index contributed by atoms with van der Waals surface area (Å²) in [6.07, 6.45) is 0. The highest BCUT2D eigenvalue weighted by Crippen LogP contribution is 2.43. The molecule has 0 rings (SSSR count). The highest BCUT2D eigenvalue weighted by Gasteiger charge is 2.31. The first-order chi connectivity index (χ1) is 6.17. The van der Waals surface area contributed by atoms with Crippen molar-refractivity contribution in [2.45, 2.75) is 19.8 Å². The van der Waals surface area contributed by atoms with E-state index in [0.717, 1.165) is 0 Å². The highest BCUT2D eigenvalue weighted by molar-refractivity contribution is 7.49. The van der Waals surface area contributed by atoms with Crippen molar-refractivity contribution in [2.75, 3.05) is 20.3 Å². The van der Waals surface area contributed by atoms with Gasteiger partial charge in [0, 0.05) is 7.11 Å². The molecule has 78 valence electrons. The fourth-order valence-corrected chi connectivity index (χ4v) is 1.56. The van der Waals surface area contributed by atoms with E-state index in [9.17, 15) is 9.18 Å². The molecule has 2 unspecified atom stereocenters. The van der Waals surface area contributed by atoms with Gasteiger partial charge >= 0.3 is 5.97 Å². The van der Waals surface area contributed by atoms with Crippen LogP contribution in [-0.2, 0) is 18.6 Å². The lowest BCUT2D eigenvalue weighted by Crippen LogP contribution is -2.18. The molecular formula is C7H14FO4P. The quantitative estimate of drug-likeness (QED) is 0.497. The number of carbonyl (C=O) groups excluding carboxylic acids is 1. The summed E-state index contributed by atoms with van der Waals surface area (Å²) in [5, 5.41) is 0. The summed E-state index contributed by atoms with van der Waals surface area (Å²) in [6.45, 7) is 3.77. The van der Waals surface area contributed by atoms with Gasteiger partial charge in [-0.25, -0.2) is 9.18 Å². The largest absolute Gasteiger partial charge is 0.463 e. The van der Waals surface area contributed by atoms with E-state index < -0.39 is 20.3 Å². The van der Waals surface area contributed by atoms with E-state index in [1.54, 1.807) is 13.8 Å². The van der Waals surface area contributed by atoms with E-state index in [-0.39, 0.29) is 6.61 Å². The second-order valence-corrected chi connectivity index (χ2v) is 3.62. The number of alkyl halides is 1. The molecule has 6 heteroatoms. The lowest BCUT2D eigenvalue weighted by atomic mass is 10.7. The number of ether oxygens (including phenoxy) is 1. The molecule has 0 aliphatic rings. The van der Waals surface area contributed by atoms with Crippen LogP contribution in [0.15, 0.2) is 0 Å². The maximum atomic E-state index is 13.1. The van der Waals surface area contributed by atoms with Gasteiger partial charge < -0.3 is 13.8 Å². The maximum absolute atomic E-state index is 13.1. The van der Waals surface area contributed by atoms with E-state index in [1.165, 1.54) is 7.11 Å². The van der Waals surface area contributed by atoms with E-state index in [1.807, 2.05) is 0 Å². The summed E-state index contributed by atoms with van der Waals surface area (Å²) in [5.74, 6) is -2.75. The molecule has 0 saturated carbocycles. The Kier molecular flexibility index (Phi) is 7.04. The van der Waals surface area contributed by atoms with E-state index in [0.29, 0.717) is 6.61 Å². The zero-order valence-corrected chi connectivity index (χ0v) is 8.84. The Morgan fingerprint density at radius 3 is 2.46 bits per heavy atom. The molecule has 4 nitrogen and oxygen atoms in total. The van der Waals surface area contributed by atoms with Crippen LogP contribution in [0.4, 0.5) is 4.39 Å². The zero-order chi connectivity index (χ0) is 10.3. The van der Waals surface area contributed by atoms with Gasteiger partial charge in [-0.1, -0.05) is 0 Å². The van der Waals surface area contributed by atoms with E-state index in [4.69, 9.17) is 4.52 Å². The Morgan fingerprint density at radius 2 is 2.08 bits per heavy atom. The third kappa shape index (κ3) is 4.50. The normalized spacial score (nSPS) is 15.1. The van der Waals surface area contributed by atoms with Gasteiger partial charge in [-0.15, -0.1) is 0 Å². The minimum absolute atomic E-state index is 0.151. The number of rotatable bonds is 6. The standard InChI is InChI=1S/C7H14FO4P/c1-4-11-7(9)6(8)13(10-3)12-5-2/h6H,4-5H2,1-3H3. The number of esters is 1. The first-order valence-electron chi connectivity index (χ1n) is 3.94. The van der Waals surface area contributed by atoms with Crippen LogP contribution in [-0.4, -0.2) is 32.2 Å². The second-order valence-electron chi connectivity index (χ2n) is 1.97. The van der Waals surface area contributed by atoms with Crippen molar-refractivity contribution in [3.05, 3.63) is 0 Å². The Labute approximate surface area is 78.3 Å². The third-order valence-electron chi connectivity index (χ3n) is 1.10. The first kappa shape index (κ1) is 12.8. The van der Waals surface area contributed by atoms with Crippen LogP contribution >= 0.6 is 8.38 Å². The Bertz CT molecular complexity index is 155. The van der Waals surface area contributed by atoms with Gasteiger partial charge in [0.1, 0.15) is 0 Å². The van der Waals surface area contributed by atoms with Crippen molar-refractivity contribution in [2.24, 2.45) is 0 Å². The summed E-state index contributed by atoms with van der Waals surface area (Å²) >= 11 is 0. The van der Waals surface area contributed by atoms with Crippen molar-refractivity contribution in [1.29, 1.82) is 0 Å². The minimum atomic E-state index is -1.82. The van der Waals surface area contributed by atoms with Crippen LogP contribution in [0.25, 0.3) is 0 Å². The van der Waals surface area contributed by atoms with Gasteiger partial charge in [0.2, 0.25) is 8.38 Å². The zero-order valence-electron chi connectivity index (χ0n) is 7.95. The summed E-state index contributed by atoms with van der Waals surface area (Å²) < 4.78 is 27.2. The lowest BCUT2D eigenvalue weighted by molar-refractivity contribution is -0.146. The molecule has 0 aliphatic heterocycles. The molecule has 0 aromatic carbocycles. The van der Waals surface area contributed by atoms with Crippen LogP contribution < -0.4 is 0 Å². The summed E-state index contributed by atoms with van der Waals surface area (Å²) in [5.41, 5.74) is 0. The van der Waals surface area contributed by atoms with Gasteiger partial charge in [-0.3, -0.25) is 0 Å². The summed E-state index contributed by atoms with van der Waals surface area (Å²) in [4.78, 5) is 10.9. The van der Waals surface area contributed by atoms with E-state index >= 15 is 0 Å². The Morgan fingerprint density at radius 1 is 1.46 bits per heavy atom. The summed E-state index contributed by atoms with van der Waals surface area (Å²) in [7, 11) is -0.513. The van der Waals surface area contributed by atoms with Crippen molar-refractivity contribution in [1.82, 2.24) is 0 Å². The molecule has 0 spiro atoms. The average Bonchev–Trinajstić information content (AvgIpc) is 2.13. The van der Waals surface area contributed by atoms with Crippen LogP contribution in [0.2, 0.25) is 0 Å². The predicted molar refractivity (Wildman–Crippen MR) is 47.1 cm³/mol. The SMILES string of the molecule is CCOC(=O)C(F)P(OC)OCC. The summed E-state index contributed by atoms with van der Waals surface area (Å²) in [6, 6.07) is 0. The van der Waals surface area contributed by atoms with Gasteiger partial charge in [-0.05, 0) is 13.8 Å². The van der Waals surface area contributed by atoms with Crippen molar-refractivity contribution < 1.29 is 23.0 Å². The Hall–Kier alpha value is -0.250. The third-order valence-corrected chi connectivity index (χ3v) is 2.56. The predicted octanol–water partition coefficient (Wildman–Crippen LogP) is 1.84. The molecule has 0 bridgehead atoms. The molecule has 0 fully saturated rings. The smallest absolute Gasteiger partial charge is 0.350 e. The number of hydrogen-bond acceptors (Lipinski definition) is 4. The first-order valence-corrected chi connectivity index (χ1v) is 5.18. The van der Waals surface area contributed by atoms with Crippen LogP contribution in [0.3, 0.4) is 0 Å². The van der Waals surface area contributed by atoms with Gasteiger partial charge in [0.25, 0.3) is 5.91 Å². The van der Waals surface area contributed by atoms with Crippen molar-refractivity contribution >= 4 is 14.3 Å². The maximum Gasteiger partial charge on any atom is 0.350 e. The molecule has 0 amide bonds. The fourth-order valence-electron chi connectivity index (χ4n) is 0.635. The molecule has 0 aromatic rings. The van der Waals surface area contributed by atoms with Crippen molar-refractivity contribution in [3.8, 4) is 0 Å². The highest BCUT2D eigenvalue weighted by atomic mass is 31.2. The van der Waals surface area contributed by atoms with Crippen LogP contribution in [0, 0.1) is 0 Å². The van der Waals surface area contributed by atoms with Crippen molar-refractivity contribution in [3.63, 3.8) is 0 Å². The molecule has 0 radical (unpaired) electrons. The monoisotopic (exact) mass is 212 g/mol. The molecular weight excluding hydrogens is 198 g/mol. The van der Waals surface area contributed by atoms with E-state index in [2.05, 4.69) is 9.26 Å². The topological polar surface area (TPSA) is 44.8 Å². The molecule has 2 atom stereocenters. The number of halogens is 1. The molecule has 0 aliphatic carbocycles. The average molecular weight is 212 g/mol. The van der Waals surface area contributed by atoms with Gasteiger partial charge in [0.15, 0.2) is 0 Å². The second kappa shape index (κ2) is 7.18. The van der Waals surface area contributed by atoms with Gasteiger partial charge in [-0.2, -0.15) is 0 Å². The molecule has 13 heavy (non-hydrogen) atoms. The number of carbonyl (C=O) groups is 1. The molecule has 0 N–H and O–H groups in total. The van der Waals surface area contributed by atoms with Gasteiger partial charge in [0.05, 0.1) is 13.2 Å². The molecule has 0 aromatic heterocycles. The molecule has 0 heterocycles. The minimum Gasteiger partial charge on any atom is -0.463 e. The lowest BCUT2D eigenvalue weighted by Gasteiger charge is -2.16. The molecule has 0 saturated heterocycles. The fraction of sp³-hybridized carbons (Fsp3) is 0.857. The van der Waals surface area contributed by atoms with Crippen LogP contribution in [0.1, 0.15) is 13.8 Å². The Balaban J connectivity index is 4.02. The number of hydrogen-bond donors (Lipinski definition) is 0. The van der Waals surface area contributed by atoms with Crippen LogP contribution in [0.5, 0.6) is 0 Å².